The first-order valence-electron chi connectivity index (χ1n) is 6.86. The zero-order chi connectivity index (χ0) is 15.8. The Morgan fingerprint density at radius 3 is 2.67 bits per heavy atom. The molecule has 1 fully saturated rings. The Morgan fingerprint density at radius 2 is 2.05 bits per heavy atom. The molecule has 0 spiro atoms. The van der Waals surface area contributed by atoms with Crippen LogP contribution in [0.15, 0.2) is 17.0 Å². The molecule has 0 amide bonds. The fourth-order valence-corrected chi connectivity index (χ4v) is 5.58. The summed E-state index contributed by atoms with van der Waals surface area (Å²) in [5.41, 5.74) is 7.16. The average molecular weight is 330 g/mol. The number of nitrogen functional groups attached to an aromatic ring is 1. The first kappa shape index (κ1) is 16.5. The largest absolute Gasteiger partial charge is 0.495 e. The van der Waals surface area contributed by atoms with Crippen molar-refractivity contribution in [3.63, 3.8) is 0 Å². The fourth-order valence-electron chi connectivity index (χ4n) is 2.41. The number of sulfonamides is 1. The highest BCUT2D eigenvalue weighted by molar-refractivity contribution is 8.00. The number of benzene rings is 1. The normalized spacial score (nSPS) is 24.0. The molecule has 1 aromatic rings. The monoisotopic (exact) mass is 330 g/mol. The van der Waals surface area contributed by atoms with Crippen molar-refractivity contribution >= 4 is 27.5 Å². The molecule has 0 bridgehead atoms. The first-order chi connectivity index (χ1) is 9.78. The summed E-state index contributed by atoms with van der Waals surface area (Å²) >= 11 is 1.79. The highest BCUT2D eigenvalue weighted by atomic mass is 32.2. The summed E-state index contributed by atoms with van der Waals surface area (Å²) in [7, 11) is -2.14. The van der Waals surface area contributed by atoms with Crippen molar-refractivity contribution in [1.82, 2.24) is 4.31 Å². The van der Waals surface area contributed by atoms with Crippen molar-refractivity contribution in [2.24, 2.45) is 0 Å². The molecule has 1 heterocycles. The van der Waals surface area contributed by atoms with E-state index in [1.807, 2.05) is 13.8 Å². The summed E-state index contributed by atoms with van der Waals surface area (Å²) in [6, 6.07) is 3.12. The molecule has 2 atom stereocenters. The van der Waals surface area contributed by atoms with Gasteiger partial charge >= 0.3 is 0 Å². The van der Waals surface area contributed by atoms with Crippen LogP contribution >= 0.6 is 11.8 Å². The number of aryl methyl sites for hydroxylation is 1. The maximum absolute atomic E-state index is 13.0. The van der Waals surface area contributed by atoms with Crippen molar-refractivity contribution in [2.75, 3.05) is 25.1 Å². The molecule has 2 N–H and O–H groups in total. The minimum atomic E-state index is -3.61. The van der Waals surface area contributed by atoms with Gasteiger partial charge < -0.3 is 10.5 Å². The van der Waals surface area contributed by atoms with E-state index in [9.17, 15) is 8.42 Å². The molecular formula is C14H22N2O3S2. The van der Waals surface area contributed by atoms with Gasteiger partial charge in [0.15, 0.2) is 0 Å². The first-order valence-corrected chi connectivity index (χ1v) is 9.35. The quantitative estimate of drug-likeness (QED) is 0.859. The van der Waals surface area contributed by atoms with Gasteiger partial charge in [0.2, 0.25) is 10.0 Å². The second kappa shape index (κ2) is 6.06. The van der Waals surface area contributed by atoms with Crippen LogP contribution in [0, 0.1) is 6.92 Å². The summed E-state index contributed by atoms with van der Waals surface area (Å²) in [4.78, 5) is 0.152. The zero-order valence-electron chi connectivity index (χ0n) is 12.8. The van der Waals surface area contributed by atoms with E-state index in [0.29, 0.717) is 18.0 Å². The van der Waals surface area contributed by atoms with E-state index < -0.39 is 10.0 Å². The Bertz CT molecular complexity index is 631. The predicted molar refractivity (Wildman–Crippen MR) is 87.4 cm³/mol. The third-order valence-corrected chi connectivity index (χ3v) is 7.31. The van der Waals surface area contributed by atoms with Crippen LogP contribution in [0.2, 0.25) is 0 Å². The van der Waals surface area contributed by atoms with Crippen LogP contribution in [-0.2, 0) is 10.0 Å². The SMILES string of the molecule is COc1cc(C)c(N)cc1S(=O)(=O)N1CCSC(C)C1C. The van der Waals surface area contributed by atoms with Crippen LogP contribution < -0.4 is 10.5 Å². The van der Waals surface area contributed by atoms with Gasteiger partial charge in [0.05, 0.1) is 7.11 Å². The maximum Gasteiger partial charge on any atom is 0.247 e. The summed E-state index contributed by atoms with van der Waals surface area (Å²) in [6.45, 7) is 6.34. The number of rotatable bonds is 3. The van der Waals surface area contributed by atoms with Gasteiger partial charge in [-0.25, -0.2) is 8.42 Å². The van der Waals surface area contributed by atoms with Crippen LogP contribution in [0.1, 0.15) is 19.4 Å². The van der Waals surface area contributed by atoms with Crippen LogP contribution in [-0.4, -0.2) is 43.4 Å². The molecule has 0 aromatic heterocycles. The molecule has 7 heteroatoms. The van der Waals surface area contributed by atoms with E-state index in [1.165, 1.54) is 13.2 Å². The summed E-state index contributed by atoms with van der Waals surface area (Å²) in [6.07, 6.45) is 0. The average Bonchev–Trinajstić information content (AvgIpc) is 2.44. The number of hydrogen-bond acceptors (Lipinski definition) is 5. The molecular weight excluding hydrogens is 308 g/mol. The minimum absolute atomic E-state index is 0.0546. The van der Waals surface area contributed by atoms with Crippen molar-refractivity contribution < 1.29 is 13.2 Å². The second-order valence-corrected chi connectivity index (χ2v) is 8.64. The van der Waals surface area contributed by atoms with Gasteiger partial charge in [-0.3, -0.25) is 0 Å². The van der Waals surface area contributed by atoms with Crippen molar-refractivity contribution in [3.05, 3.63) is 17.7 Å². The number of hydrogen-bond donors (Lipinski definition) is 1. The Balaban J connectivity index is 2.51. The molecule has 118 valence electrons. The van der Waals surface area contributed by atoms with Crippen LogP contribution in [0.25, 0.3) is 0 Å². The van der Waals surface area contributed by atoms with E-state index in [-0.39, 0.29) is 16.2 Å². The van der Waals surface area contributed by atoms with Gasteiger partial charge in [-0.05, 0) is 31.5 Å². The summed E-state index contributed by atoms with van der Waals surface area (Å²) in [5.74, 6) is 1.15. The zero-order valence-corrected chi connectivity index (χ0v) is 14.4. The van der Waals surface area contributed by atoms with Gasteiger partial charge in [-0.15, -0.1) is 0 Å². The Morgan fingerprint density at radius 1 is 1.38 bits per heavy atom. The molecule has 1 aromatic carbocycles. The van der Waals surface area contributed by atoms with Gasteiger partial charge in [0.25, 0.3) is 0 Å². The summed E-state index contributed by atoms with van der Waals surface area (Å²) in [5, 5.41) is 0.266. The summed E-state index contributed by atoms with van der Waals surface area (Å²) < 4.78 is 32.7. The number of thioether (sulfide) groups is 1. The number of methoxy groups -OCH3 is 1. The van der Waals surface area contributed by atoms with E-state index in [0.717, 1.165) is 11.3 Å². The molecule has 1 aliphatic heterocycles. The predicted octanol–water partition coefficient (Wildman–Crippen LogP) is 2.10. The van der Waals surface area contributed by atoms with Gasteiger partial charge in [-0.2, -0.15) is 16.1 Å². The molecule has 1 saturated heterocycles. The van der Waals surface area contributed by atoms with Crippen LogP contribution in [0.3, 0.4) is 0 Å². The smallest absolute Gasteiger partial charge is 0.247 e. The molecule has 0 radical (unpaired) electrons. The van der Waals surface area contributed by atoms with E-state index in [4.69, 9.17) is 10.5 Å². The number of anilines is 1. The third kappa shape index (κ3) is 3.00. The Hall–Kier alpha value is -0.920. The topological polar surface area (TPSA) is 72.6 Å². The second-order valence-electron chi connectivity index (χ2n) is 5.29. The highest BCUT2D eigenvalue weighted by Gasteiger charge is 2.36. The standard InChI is InChI=1S/C14H22N2O3S2/c1-9-7-13(19-4)14(8-12(9)15)21(17,18)16-5-6-20-11(3)10(16)2/h7-8,10-11H,5-6,15H2,1-4H3. The minimum Gasteiger partial charge on any atom is -0.495 e. The van der Waals surface area contributed by atoms with Crippen molar-refractivity contribution in [1.29, 1.82) is 0 Å². The van der Waals surface area contributed by atoms with Gasteiger partial charge in [-0.1, -0.05) is 6.92 Å². The molecule has 0 saturated carbocycles. The lowest BCUT2D eigenvalue weighted by atomic mass is 10.2. The van der Waals surface area contributed by atoms with Crippen molar-refractivity contribution in [2.45, 2.75) is 37.0 Å². The van der Waals surface area contributed by atoms with E-state index >= 15 is 0 Å². The molecule has 5 nitrogen and oxygen atoms in total. The third-order valence-electron chi connectivity index (χ3n) is 3.96. The van der Waals surface area contributed by atoms with E-state index in [2.05, 4.69) is 6.92 Å². The van der Waals surface area contributed by atoms with Gasteiger partial charge in [0.1, 0.15) is 10.6 Å². The Labute approximate surface area is 130 Å². The molecule has 21 heavy (non-hydrogen) atoms. The maximum atomic E-state index is 13.0. The number of ether oxygens (including phenoxy) is 1. The lowest BCUT2D eigenvalue weighted by molar-refractivity contribution is 0.336. The molecule has 2 rings (SSSR count). The number of nitrogens with zero attached hydrogens (tertiary/aromatic N) is 1. The Kier molecular flexibility index (Phi) is 4.75. The van der Waals surface area contributed by atoms with Crippen molar-refractivity contribution in [3.8, 4) is 5.75 Å². The molecule has 2 unspecified atom stereocenters. The molecule has 1 aliphatic rings. The number of nitrogens with two attached hydrogens (primary N) is 1. The van der Waals surface area contributed by atoms with Gasteiger partial charge in [0, 0.05) is 29.3 Å². The molecule has 0 aliphatic carbocycles. The van der Waals surface area contributed by atoms with E-state index in [1.54, 1.807) is 22.1 Å². The fraction of sp³-hybridized carbons (Fsp3) is 0.571. The lowest BCUT2D eigenvalue weighted by Crippen LogP contribution is -2.47. The lowest BCUT2D eigenvalue weighted by Gasteiger charge is -2.36. The van der Waals surface area contributed by atoms with Crippen LogP contribution in [0.5, 0.6) is 5.75 Å². The highest BCUT2D eigenvalue weighted by Crippen LogP contribution is 2.35. The van der Waals surface area contributed by atoms with Crippen LogP contribution in [0.4, 0.5) is 5.69 Å².